The fraction of sp³-hybridized carbons (Fsp3) is 0.273. The van der Waals surface area contributed by atoms with Crippen LogP contribution in [-0.2, 0) is 14.3 Å². The SMILES string of the molecule is O=C(OCCOC(F)(F)C(=O)[O-])c1cc(I)cc(I)c1O. The van der Waals surface area contributed by atoms with E-state index in [1.807, 2.05) is 45.2 Å². The molecule has 0 aromatic heterocycles. The molecule has 21 heavy (non-hydrogen) atoms. The molecule has 0 spiro atoms. The van der Waals surface area contributed by atoms with Crippen LogP contribution in [-0.4, -0.2) is 36.4 Å². The van der Waals surface area contributed by atoms with Crippen LogP contribution in [0.4, 0.5) is 8.78 Å². The zero-order valence-corrected chi connectivity index (χ0v) is 14.4. The summed E-state index contributed by atoms with van der Waals surface area (Å²) in [5.41, 5.74) is -0.127. The molecule has 10 heteroatoms. The Morgan fingerprint density at radius 3 is 2.48 bits per heavy atom. The zero-order chi connectivity index (χ0) is 16.2. The minimum Gasteiger partial charge on any atom is -0.542 e. The van der Waals surface area contributed by atoms with E-state index in [-0.39, 0.29) is 11.3 Å². The van der Waals surface area contributed by atoms with E-state index in [9.17, 15) is 28.6 Å². The molecule has 0 radical (unpaired) electrons. The van der Waals surface area contributed by atoms with Crippen molar-refractivity contribution in [2.24, 2.45) is 0 Å². The maximum absolute atomic E-state index is 12.5. The Morgan fingerprint density at radius 1 is 1.29 bits per heavy atom. The third kappa shape index (κ3) is 5.18. The number of aliphatic carboxylic acids is 1. The summed E-state index contributed by atoms with van der Waals surface area (Å²) < 4.78 is 34.4. The van der Waals surface area contributed by atoms with Crippen molar-refractivity contribution in [1.29, 1.82) is 0 Å². The van der Waals surface area contributed by atoms with E-state index in [1.165, 1.54) is 6.07 Å². The molecular formula is C11H7F2I2O6-. The number of aromatic hydroxyl groups is 1. The van der Waals surface area contributed by atoms with Crippen LogP contribution in [0.5, 0.6) is 5.75 Å². The summed E-state index contributed by atoms with van der Waals surface area (Å²) in [5, 5.41) is 19.7. The van der Waals surface area contributed by atoms with Crippen LogP contribution in [0.15, 0.2) is 12.1 Å². The molecule has 116 valence electrons. The summed E-state index contributed by atoms with van der Waals surface area (Å²) in [6, 6.07) is 2.98. The Kier molecular flexibility index (Phi) is 6.52. The molecule has 0 amide bonds. The van der Waals surface area contributed by atoms with E-state index in [1.54, 1.807) is 6.07 Å². The van der Waals surface area contributed by atoms with Crippen LogP contribution >= 0.6 is 45.2 Å². The van der Waals surface area contributed by atoms with Gasteiger partial charge in [0.05, 0.1) is 10.2 Å². The van der Waals surface area contributed by atoms with E-state index >= 15 is 0 Å². The smallest absolute Gasteiger partial charge is 0.397 e. The van der Waals surface area contributed by atoms with Crippen molar-refractivity contribution >= 4 is 57.1 Å². The minimum absolute atomic E-state index is 0.127. The largest absolute Gasteiger partial charge is 0.542 e. The second-order valence-corrected chi connectivity index (χ2v) is 5.98. The highest BCUT2D eigenvalue weighted by molar-refractivity contribution is 14.1. The van der Waals surface area contributed by atoms with Crippen LogP contribution in [0.2, 0.25) is 0 Å². The van der Waals surface area contributed by atoms with Gasteiger partial charge in [0.25, 0.3) is 0 Å². The standard InChI is InChI=1S/C11H8F2I2O6/c12-11(13,10(18)19)21-2-1-20-9(17)6-3-5(14)4-7(15)8(6)16/h3-4,16H,1-2H2,(H,18,19)/p-1. The number of esters is 1. The van der Waals surface area contributed by atoms with Crippen molar-refractivity contribution in [3.8, 4) is 5.75 Å². The summed E-state index contributed by atoms with van der Waals surface area (Å²) in [5.74, 6) is -3.91. The maximum atomic E-state index is 12.5. The van der Waals surface area contributed by atoms with Gasteiger partial charge in [-0.25, -0.2) is 4.79 Å². The molecule has 1 rings (SSSR count). The van der Waals surface area contributed by atoms with E-state index in [0.717, 1.165) is 0 Å². The van der Waals surface area contributed by atoms with Gasteiger partial charge >= 0.3 is 12.1 Å². The molecule has 0 fully saturated rings. The molecule has 0 saturated heterocycles. The highest BCUT2D eigenvalue weighted by Crippen LogP contribution is 2.27. The van der Waals surface area contributed by atoms with E-state index in [4.69, 9.17) is 0 Å². The Labute approximate surface area is 144 Å². The zero-order valence-electron chi connectivity index (χ0n) is 10.1. The molecule has 0 bridgehead atoms. The average Bonchev–Trinajstić information content (AvgIpc) is 2.38. The summed E-state index contributed by atoms with van der Waals surface area (Å²) >= 11 is 3.74. The molecule has 0 unspecified atom stereocenters. The molecule has 0 atom stereocenters. The van der Waals surface area contributed by atoms with Crippen molar-refractivity contribution in [1.82, 2.24) is 0 Å². The highest BCUT2D eigenvalue weighted by atomic mass is 127. The van der Waals surface area contributed by atoms with Crippen LogP contribution < -0.4 is 5.11 Å². The topological polar surface area (TPSA) is 95.9 Å². The fourth-order valence-corrected chi connectivity index (χ4v) is 3.01. The lowest BCUT2D eigenvalue weighted by molar-refractivity contribution is -0.363. The average molecular weight is 527 g/mol. The number of carboxylic acids is 1. The van der Waals surface area contributed by atoms with Gasteiger partial charge in [0.1, 0.15) is 23.9 Å². The third-order valence-electron chi connectivity index (χ3n) is 2.09. The Hall–Kier alpha value is -0.760. The van der Waals surface area contributed by atoms with Gasteiger partial charge in [-0.2, -0.15) is 8.78 Å². The molecule has 1 aromatic rings. The lowest BCUT2D eigenvalue weighted by Gasteiger charge is -2.17. The quantitative estimate of drug-likeness (QED) is 0.339. The number of phenolic OH excluding ortho intramolecular Hbond substituents is 1. The highest BCUT2D eigenvalue weighted by Gasteiger charge is 2.32. The number of hydrogen-bond donors (Lipinski definition) is 1. The predicted molar refractivity (Wildman–Crippen MR) is 79.7 cm³/mol. The molecule has 0 saturated carbocycles. The van der Waals surface area contributed by atoms with Crippen LogP contribution in [0, 0.1) is 7.14 Å². The van der Waals surface area contributed by atoms with Crippen molar-refractivity contribution in [2.45, 2.75) is 6.11 Å². The number of carbonyl (C=O) groups is 2. The lowest BCUT2D eigenvalue weighted by atomic mass is 10.2. The van der Waals surface area contributed by atoms with Gasteiger partial charge < -0.3 is 24.5 Å². The number of benzene rings is 1. The van der Waals surface area contributed by atoms with Gasteiger partial charge in [0.2, 0.25) is 0 Å². The summed E-state index contributed by atoms with van der Waals surface area (Å²) in [6.07, 6.45) is -4.45. The van der Waals surface area contributed by atoms with E-state index in [0.29, 0.717) is 7.14 Å². The summed E-state index contributed by atoms with van der Waals surface area (Å²) in [7, 11) is 0. The number of ether oxygens (including phenoxy) is 2. The molecule has 0 aliphatic carbocycles. The molecule has 0 aliphatic heterocycles. The molecule has 6 nitrogen and oxygen atoms in total. The number of carboxylic acid groups (broad SMARTS) is 1. The van der Waals surface area contributed by atoms with Crippen LogP contribution in [0.25, 0.3) is 0 Å². The maximum Gasteiger partial charge on any atom is 0.397 e. The minimum atomic E-state index is -4.45. The Morgan fingerprint density at radius 2 is 1.90 bits per heavy atom. The Balaban J connectivity index is 2.58. The van der Waals surface area contributed by atoms with E-state index < -0.39 is 31.3 Å². The monoisotopic (exact) mass is 527 g/mol. The first-order valence-electron chi connectivity index (χ1n) is 5.23. The third-order valence-corrected chi connectivity index (χ3v) is 3.53. The number of rotatable bonds is 6. The van der Waals surface area contributed by atoms with Gasteiger partial charge in [0, 0.05) is 3.57 Å². The van der Waals surface area contributed by atoms with Crippen LogP contribution in [0.3, 0.4) is 0 Å². The fourth-order valence-electron chi connectivity index (χ4n) is 1.16. The van der Waals surface area contributed by atoms with E-state index in [2.05, 4.69) is 9.47 Å². The molecular weight excluding hydrogens is 520 g/mol. The van der Waals surface area contributed by atoms with Crippen molar-refractivity contribution in [2.75, 3.05) is 13.2 Å². The second kappa shape index (κ2) is 7.49. The lowest BCUT2D eigenvalue weighted by Crippen LogP contribution is -2.44. The van der Waals surface area contributed by atoms with Crippen molar-refractivity contribution in [3.63, 3.8) is 0 Å². The predicted octanol–water partition coefficient (Wildman–Crippen LogP) is 1.12. The van der Waals surface area contributed by atoms with Crippen molar-refractivity contribution < 1.29 is 38.1 Å². The summed E-state index contributed by atoms with van der Waals surface area (Å²) in [6.45, 7) is -1.45. The second-order valence-electron chi connectivity index (χ2n) is 3.57. The van der Waals surface area contributed by atoms with Crippen molar-refractivity contribution in [3.05, 3.63) is 24.8 Å². The number of phenols is 1. The molecule has 1 N–H and O–H groups in total. The number of carbonyl (C=O) groups excluding carboxylic acids is 2. The van der Waals surface area contributed by atoms with Gasteiger partial charge in [-0.3, -0.25) is 0 Å². The van der Waals surface area contributed by atoms with Gasteiger partial charge in [-0.15, -0.1) is 0 Å². The summed E-state index contributed by atoms with van der Waals surface area (Å²) in [4.78, 5) is 21.6. The first-order chi connectivity index (χ1) is 9.65. The van der Waals surface area contributed by atoms with Crippen LogP contribution in [0.1, 0.15) is 10.4 Å². The van der Waals surface area contributed by atoms with Gasteiger partial charge in [-0.1, -0.05) is 0 Å². The Bertz CT molecular complexity index is 564. The molecule has 0 aliphatic rings. The number of alkyl halides is 2. The first kappa shape index (κ1) is 18.3. The normalized spacial score (nSPS) is 11.2. The molecule has 0 heterocycles. The van der Waals surface area contributed by atoms with Gasteiger partial charge in [-0.05, 0) is 57.3 Å². The van der Waals surface area contributed by atoms with Gasteiger partial charge in [0.15, 0.2) is 0 Å². The first-order valence-corrected chi connectivity index (χ1v) is 7.39. The molecule has 1 aromatic carbocycles. The number of halogens is 4. The number of hydrogen-bond acceptors (Lipinski definition) is 6.